The molecule has 0 aliphatic carbocycles. The highest BCUT2D eigenvalue weighted by Gasteiger charge is 2.33. The van der Waals surface area contributed by atoms with Crippen LogP contribution in [0, 0.1) is 0 Å². The van der Waals surface area contributed by atoms with Gasteiger partial charge in [0.2, 0.25) is 0 Å². The van der Waals surface area contributed by atoms with Gasteiger partial charge in [-0.15, -0.1) is 0 Å². The molecule has 0 bridgehead atoms. The first kappa shape index (κ1) is 13.6. The number of nitrogens with one attached hydrogen (secondary N) is 1. The highest BCUT2D eigenvalue weighted by molar-refractivity contribution is 6.01. The van der Waals surface area contributed by atoms with Crippen molar-refractivity contribution in [1.29, 1.82) is 0 Å². The van der Waals surface area contributed by atoms with E-state index in [1.807, 2.05) is 6.07 Å². The first-order chi connectivity index (χ1) is 8.97. The molecule has 0 atom stereocenters. The molecule has 3 amide bonds. The third-order valence-corrected chi connectivity index (χ3v) is 2.95. The fraction of sp³-hybridized carbons (Fsp3) is 0.538. The van der Waals surface area contributed by atoms with Crippen molar-refractivity contribution in [1.82, 2.24) is 15.1 Å². The predicted molar refractivity (Wildman–Crippen MR) is 69.3 cm³/mol. The first-order valence-electron chi connectivity index (χ1n) is 6.34. The Morgan fingerprint density at radius 2 is 2.00 bits per heavy atom. The minimum absolute atomic E-state index is 0.140. The number of carbonyl (C=O) groups is 2. The van der Waals surface area contributed by atoms with Crippen molar-refractivity contribution in [2.45, 2.75) is 33.0 Å². The van der Waals surface area contributed by atoms with Gasteiger partial charge >= 0.3 is 6.03 Å². The Labute approximate surface area is 112 Å². The molecule has 2 heterocycles. The normalized spacial score (nSPS) is 16.0. The molecule has 6 nitrogen and oxygen atoms in total. The smallest absolute Gasteiger partial charge is 0.327 e. The van der Waals surface area contributed by atoms with Crippen LogP contribution in [0.5, 0.6) is 0 Å². The summed E-state index contributed by atoms with van der Waals surface area (Å²) in [5.74, 6) is 1.24. The van der Waals surface area contributed by atoms with E-state index in [-0.39, 0.29) is 25.0 Å². The topological polar surface area (TPSA) is 65.8 Å². The molecule has 0 unspecified atom stereocenters. The van der Waals surface area contributed by atoms with Crippen LogP contribution in [0.1, 0.15) is 25.4 Å². The summed E-state index contributed by atoms with van der Waals surface area (Å²) in [7, 11) is 1.61. The van der Waals surface area contributed by atoms with E-state index in [9.17, 15) is 9.59 Å². The SMILES string of the molecule is CC(C)NCc1ccc(CN2C(=O)CN(C)C2=O)o1. The van der Waals surface area contributed by atoms with Gasteiger partial charge in [-0.3, -0.25) is 9.69 Å². The summed E-state index contributed by atoms with van der Waals surface area (Å²) in [6, 6.07) is 3.77. The zero-order valence-electron chi connectivity index (χ0n) is 11.5. The largest absolute Gasteiger partial charge is 0.463 e. The minimum atomic E-state index is -0.275. The van der Waals surface area contributed by atoms with Crippen LogP contribution in [0.15, 0.2) is 16.5 Å². The molecule has 2 rings (SSSR count). The molecule has 1 aromatic heterocycles. The molecule has 0 spiro atoms. The van der Waals surface area contributed by atoms with Crippen LogP contribution in [-0.4, -0.2) is 41.4 Å². The van der Waals surface area contributed by atoms with E-state index >= 15 is 0 Å². The average molecular weight is 265 g/mol. The Morgan fingerprint density at radius 1 is 1.32 bits per heavy atom. The summed E-state index contributed by atoms with van der Waals surface area (Å²) in [5, 5.41) is 3.24. The van der Waals surface area contributed by atoms with E-state index in [4.69, 9.17) is 4.42 Å². The second kappa shape index (κ2) is 5.44. The molecule has 19 heavy (non-hydrogen) atoms. The molecule has 1 aliphatic heterocycles. The fourth-order valence-corrected chi connectivity index (χ4v) is 1.89. The van der Waals surface area contributed by atoms with Gasteiger partial charge in [0.05, 0.1) is 13.1 Å². The van der Waals surface area contributed by atoms with Crippen molar-refractivity contribution in [2.24, 2.45) is 0 Å². The lowest BCUT2D eigenvalue weighted by Gasteiger charge is -2.12. The Bertz CT molecular complexity index is 481. The molecular formula is C13H19N3O3. The molecule has 1 fully saturated rings. The summed E-state index contributed by atoms with van der Waals surface area (Å²) in [5.41, 5.74) is 0. The molecule has 0 saturated carbocycles. The van der Waals surface area contributed by atoms with E-state index in [0.29, 0.717) is 18.3 Å². The number of furan rings is 1. The van der Waals surface area contributed by atoms with E-state index < -0.39 is 0 Å². The Hall–Kier alpha value is -1.82. The Morgan fingerprint density at radius 3 is 2.58 bits per heavy atom. The lowest BCUT2D eigenvalue weighted by atomic mass is 10.3. The van der Waals surface area contributed by atoms with Crippen molar-refractivity contribution in [2.75, 3.05) is 13.6 Å². The molecule has 104 valence electrons. The highest BCUT2D eigenvalue weighted by Crippen LogP contribution is 2.15. The maximum atomic E-state index is 11.7. The minimum Gasteiger partial charge on any atom is -0.463 e. The molecule has 0 radical (unpaired) electrons. The summed E-state index contributed by atoms with van der Waals surface area (Å²) < 4.78 is 5.60. The van der Waals surface area contributed by atoms with Crippen molar-refractivity contribution in [3.8, 4) is 0 Å². The molecule has 1 aliphatic rings. The summed E-state index contributed by atoms with van der Waals surface area (Å²) in [6.07, 6.45) is 0. The number of carbonyl (C=O) groups excluding carboxylic acids is 2. The van der Waals surface area contributed by atoms with Crippen LogP contribution < -0.4 is 5.32 Å². The lowest BCUT2D eigenvalue weighted by molar-refractivity contribution is -0.125. The number of amides is 3. The zero-order chi connectivity index (χ0) is 14.0. The fourth-order valence-electron chi connectivity index (χ4n) is 1.89. The second-order valence-electron chi connectivity index (χ2n) is 5.02. The summed E-state index contributed by atoms with van der Waals surface area (Å²) in [6.45, 7) is 5.09. The van der Waals surface area contributed by atoms with Crippen molar-refractivity contribution in [3.05, 3.63) is 23.7 Å². The van der Waals surface area contributed by atoms with Crippen LogP contribution in [-0.2, 0) is 17.9 Å². The molecular weight excluding hydrogens is 246 g/mol. The highest BCUT2D eigenvalue weighted by atomic mass is 16.3. The van der Waals surface area contributed by atoms with E-state index in [1.54, 1.807) is 13.1 Å². The van der Waals surface area contributed by atoms with Crippen LogP contribution in [0.3, 0.4) is 0 Å². The van der Waals surface area contributed by atoms with Gasteiger partial charge in [-0.1, -0.05) is 13.8 Å². The quantitative estimate of drug-likeness (QED) is 0.812. The van der Waals surface area contributed by atoms with Gasteiger partial charge in [0, 0.05) is 13.1 Å². The lowest BCUT2D eigenvalue weighted by Crippen LogP contribution is -2.30. The molecule has 1 N–H and O–H groups in total. The van der Waals surface area contributed by atoms with Gasteiger partial charge in [-0.25, -0.2) is 4.79 Å². The van der Waals surface area contributed by atoms with Gasteiger partial charge in [0.1, 0.15) is 18.1 Å². The Balaban J connectivity index is 1.96. The first-order valence-corrected chi connectivity index (χ1v) is 6.34. The van der Waals surface area contributed by atoms with Crippen LogP contribution in [0.25, 0.3) is 0 Å². The van der Waals surface area contributed by atoms with E-state index in [2.05, 4.69) is 19.2 Å². The maximum Gasteiger partial charge on any atom is 0.327 e. The Kier molecular flexibility index (Phi) is 3.90. The van der Waals surface area contributed by atoms with E-state index in [1.165, 1.54) is 9.80 Å². The van der Waals surface area contributed by atoms with Crippen LogP contribution in [0.2, 0.25) is 0 Å². The number of imide groups is 1. The van der Waals surface area contributed by atoms with Crippen molar-refractivity contribution >= 4 is 11.9 Å². The molecule has 1 saturated heterocycles. The third kappa shape index (κ3) is 3.14. The van der Waals surface area contributed by atoms with Crippen LogP contribution in [0.4, 0.5) is 4.79 Å². The molecule has 0 aromatic carbocycles. The van der Waals surface area contributed by atoms with Gasteiger partial charge < -0.3 is 14.6 Å². The monoisotopic (exact) mass is 265 g/mol. The number of rotatable bonds is 5. The average Bonchev–Trinajstić information content (AvgIpc) is 2.88. The number of nitrogens with zero attached hydrogens (tertiary/aromatic N) is 2. The van der Waals surface area contributed by atoms with Crippen LogP contribution >= 0.6 is 0 Å². The van der Waals surface area contributed by atoms with Gasteiger partial charge in [0.15, 0.2) is 0 Å². The third-order valence-electron chi connectivity index (χ3n) is 2.95. The van der Waals surface area contributed by atoms with Crippen molar-refractivity contribution < 1.29 is 14.0 Å². The van der Waals surface area contributed by atoms with Gasteiger partial charge in [0.25, 0.3) is 5.91 Å². The summed E-state index contributed by atoms with van der Waals surface area (Å²) >= 11 is 0. The van der Waals surface area contributed by atoms with Gasteiger partial charge in [-0.2, -0.15) is 0 Å². The number of hydrogen-bond acceptors (Lipinski definition) is 4. The predicted octanol–water partition coefficient (Wildman–Crippen LogP) is 1.17. The van der Waals surface area contributed by atoms with Crippen molar-refractivity contribution in [3.63, 3.8) is 0 Å². The standard InChI is InChI=1S/C13H19N3O3/c1-9(2)14-6-10-4-5-11(19-10)7-16-12(17)8-15(3)13(16)18/h4-5,9,14H,6-8H2,1-3H3. The number of hydrogen-bond donors (Lipinski definition) is 1. The number of urea groups is 1. The zero-order valence-corrected chi connectivity index (χ0v) is 11.5. The molecule has 1 aromatic rings. The molecule has 6 heteroatoms. The summed E-state index contributed by atoms with van der Waals surface area (Å²) in [4.78, 5) is 26.0. The van der Waals surface area contributed by atoms with Gasteiger partial charge in [-0.05, 0) is 12.1 Å². The second-order valence-corrected chi connectivity index (χ2v) is 5.02. The maximum absolute atomic E-state index is 11.7. The number of likely N-dealkylation sites (N-methyl/N-ethyl adjacent to an activating group) is 1. The van der Waals surface area contributed by atoms with E-state index in [0.717, 1.165) is 5.76 Å².